The van der Waals surface area contributed by atoms with E-state index in [4.69, 9.17) is 0 Å². The van der Waals surface area contributed by atoms with Crippen LogP contribution < -0.4 is 10.6 Å². The molecule has 1 fully saturated rings. The predicted octanol–water partition coefficient (Wildman–Crippen LogP) is 2.79. The number of hydrogen-bond donors (Lipinski definition) is 2. The van der Waals surface area contributed by atoms with E-state index in [1.54, 1.807) is 0 Å². The summed E-state index contributed by atoms with van der Waals surface area (Å²) in [5.74, 6) is -0.239. The molecule has 0 unspecified atom stereocenters. The fourth-order valence-electron chi connectivity index (χ4n) is 3.09. The normalized spacial score (nSPS) is 14.3. The van der Waals surface area contributed by atoms with Gasteiger partial charge >= 0.3 is 0 Å². The average molecular weight is 362 g/mol. The number of nitrogens with zero attached hydrogens (tertiary/aromatic N) is 2. The van der Waals surface area contributed by atoms with Gasteiger partial charge in [-0.05, 0) is 35.7 Å². The van der Waals surface area contributed by atoms with Gasteiger partial charge in [-0.25, -0.2) is 0 Å². The van der Waals surface area contributed by atoms with Crippen molar-refractivity contribution in [2.75, 3.05) is 25.0 Å². The summed E-state index contributed by atoms with van der Waals surface area (Å²) in [4.78, 5) is 25.5. The molecule has 1 aliphatic rings. The molecule has 0 spiro atoms. The SMILES string of the molecule is N#C/C(=C/Nc1ccc2ccccc2c1)C(=O)NCCCN1CCCC1=O. The topological polar surface area (TPSA) is 85.2 Å². The lowest BCUT2D eigenvalue weighted by atomic mass is 10.1. The van der Waals surface area contributed by atoms with Gasteiger partial charge in [0.25, 0.3) is 5.91 Å². The number of amides is 2. The Labute approximate surface area is 158 Å². The Morgan fingerprint density at radius 3 is 2.78 bits per heavy atom. The molecule has 2 N–H and O–H groups in total. The molecule has 1 aliphatic heterocycles. The maximum absolute atomic E-state index is 12.1. The minimum Gasteiger partial charge on any atom is -0.360 e. The number of hydrogen-bond acceptors (Lipinski definition) is 4. The van der Waals surface area contributed by atoms with Crippen molar-refractivity contribution >= 4 is 28.3 Å². The maximum atomic E-state index is 12.1. The third-order valence-corrected chi connectivity index (χ3v) is 4.56. The van der Waals surface area contributed by atoms with Gasteiger partial charge < -0.3 is 15.5 Å². The van der Waals surface area contributed by atoms with Gasteiger partial charge in [0.1, 0.15) is 11.6 Å². The highest BCUT2D eigenvalue weighted by Gasteiger charge is 2.19. The first-order valence-electron chi connectivity index (χ1n) is 9.09. The van der Waals surface area contributed by atoms with Crippen molar-refractivity contribution in [2.24, 2.45) is 0 Å². The molecule has 0 saturated carbocycles. The van der Waals surface area contributed by atoms with E-state index in [9.17, 15) is 14.9 Å². The minimum atomic E-state index is -0.418. The second-order valence-electron chi connectivity index (χ2n) is 6.47. The minimum absolute atomic E-state index is 0.0143. The molecule has 1 heterocycles. The van der Waals surface area contributed by atoms with Crippen LogP contribution >= 0.6 is 0 Å². The highest BCUT2D eigenvalue weighted by molar-refractivity contribution is 5.97. The number of rotatable bonds is 7. The average Bonchev–Trinajstić information content (AvgIpc) is 3.10. The fraction of sp³-hybridized carbons (Fsp3) is 0.286. The summed E-state index contributed by atoms with van der Waals surface area (Å²) in [6, 6.07) is 15.7. The molecule has 2 aromatic rings. The van der Waals surface area contributed by atoms with Gasteiger partial charge in [-0.2, -0.15) is 5.26 Å². The molecule has 3 rings (SSSR count). The first-order chi connectivity index (χ1) is 13.2. The first kappa shape index (κ1) is 18.5. The quantitative estimate of drug-likeness (QED) is 0.451. The molecule has 1 saturated heterocycles. The van der Waals surface area contributed by atoms with Crippen molar-refractivity contribution in [2.45, 2.75) is 19.3 Å². The molecule has 6 nitrogen and oxygen atoms in total. The molecular weight excluding hydrogens is 340 g/mol. The van der Waals surface area contributed by atoms with Gasteiger partial charge in [0.05, 0.1) is 0 Å². The van der Waals surface area contributed by atoms with E-state index in [0.717, 1.165) is 29.4 Å². The van der Waals surface area contributed by atoms with E-state index in [1.807, 2.05) is 53.4 Å². The Morgan fingerprint density at radius 2 is 2.04 bits per heavy atom. The summed E-state index contributed by atoms with van der Waals surface area (Å²) in [7, 11) is 0. The van der Waals surface area contributed by atoms with Gasteiger partial charge in [0.15, 0.2) is 0 Å². The lowest BCUT2D eigenvalue weighted by molar-refractivity contribution is -0.127. The summed E-state index contributed by atoms with van der Waals surface area (Å²) in [5.41, 5.74) is 0.821. The molecule has 6 heteroatoms. The lowest BCUT2D eigenvalue weighted by Crippen LogP contribution is -2.31. The van der Waals surface area contributed by atoms with Crippen LogP contribution in [-0.4, -0.2) is 36.3 Å². The van der Waals surface area contributed by atoms with E-state index >= 15 is 0 Å². The van der Waals surface area contributed by atoms with Crippen LogP contribution in [0.15, 0.2) is 54.2 Å². The Morgan fingerprint density at radius 1 is 1.22 bits per heavy atom. The highest BCUT2D eigenvalue weighted by atomic mass is 16.2. The number of nitriles is 1. The van der Waals surface area contributed by atoms with E-state index in [0.29, 0.717) is 25.9 Å². The van der Waals surface area contributed by atoms with Gasteiger partial charge in [-0.1, -0.05) is 30.3 Å². The standard InChI is InChI=1S/C21H22N4O2/c22-14-18(21(27)23-10-4-12-25-11-3-7-20(25)26)15-24-19-9-8-16-5-1-2-6-17(16)13-19/h1-2,5-6,8-9,13,15,24H,3-4,7,10-12H2,(H,23,27)/b18-15-. The second-order valence-corrected chi connectivity index (χ2v) is 6.47. The monoisotopic (exact) mass is 362 g/mol. The number of nitrogens with one attached hydrogen (secondary N) is 2. The zero-order chi connectivity index (χ0) is 19.1. The largest absolute Gasteiger partial charge is 0.360 e. The molecular formula is C21H22N4O2. The van der Waals surface area contributed by atoms with Crippen LogP contribution in [0.5, 0.6) is 0 Å². The molecule has 0 bridgehead atoms. The van der Waals surface area contributed by atoms with Crippen LogP contribution in [-0.2, 0) is 9.59 Å². The molecule has 2 amide bonds. The number of fused-ring (bicyclic) bond motifs is 1. The van der Waals surface area contributed by atoms with Crippen molar-refractivity contribution in [3.63, 3.8) is 0 Å². The van der Waals surface area contributed by atoms with E-state index < -0.39 is 5.91 Å². The highest BCUT2D eigenvalue weighted by Crippen LogP contribution is 2.19. The molecule has 2 aromatic carbocycles. The summed E-state index contributed by atoms with van der Waals surface area (Å²) < 4.78 is 0. The third kappa shape index (κ3) is 4.85. The predicted molar refractivity (Wildman–Crippen MR) is 105 cm³/mol. The Hall–Kier alpha value is -3.33. The van der Waals surface area contributed by atoms with Crippen molar-refractivity contribution in [1.82, 2.24) is 10.2 Å². The molecule has 27 heavy (non-hydrogen) atoms. The van der Waals surface area contributed by atoms with E-state index in [2.05, 4.69) is 10.6 Å². The van der Waals surface area contributed by atoms with Crippen LogP contribution in [0.2, 0.25) is 0 Å². The number of anilines is 1. The maximum Gasteiger partial charge on any atom is 0.263 e. The zero-order valence-corrected chi connectivity index (χ0v) is 15.1. The van der Waals surface area contributed by atoms with Gasteiger partial charge in [-0.15, -0.1) is 0 Å². The number of likely N-dealkylation sites (tertiary alicyclic amines) is 1. The lowest BCUT2D eigenvalue weighted by Gasteiger charge is -2.15. The van der Waals surface area contributed by atoms with Crippen LogP contribution in [0.25, 0.3) is 10.8 Å². The molecule has 0 radical (unpaired) electrons. The van der Waals surface area contributed by atoms with Crippen molar-refractivity contribution < 1.29 is 9.59 Å². The second kappa shape index (κ2) is 8.86. The van der Waals surface area contributed by atoms with Crippen molar-refractivity contribution in [1.29, 1.82) is 5.26 Å². The summed E-state index contributed by atoms with van der Waals surface area (Å²) in [6.07, 6.45) is 3.62. The van der Waals surface area contributed by atoms with Crippen molar-refractivity contribution in [3.05, 3.63) is 54.2 Å². The third-order valence-electron chi connectivity index (χ3n) is 4.56. The van der Waals surface area contributed by atoms with Crippen molar-refractivity contribution in [3.8, 4) is 6.07 Å². The zero-order valence-electron chi connectivity index (χ0n) is 15.1. The Balaban J connectivity index is 1.51. The molecule has 0 aromatic heterocycles. The summed E-state index contributed by atoms with van der Waals surface area (Å²) >= 11 is 0. The van der Waals surface area contributed by atoms with Gasteiger partial charge in [-0.3, -0.25) is 9.59 Å². The number of carbonyl (C=O) groups excluding carboxylic acids is 2. The first-order valence-corrected chi connectivity index (χ1v) is 9.09. The van der Waals surface area contributed by atoms with Gasteiger partial charge in [0.2, 0.25) is 5.91 Å². The van der Waals surface area contributed by atoms with Crippen LogP contribution in [0, 0.1) is 11.3 Å². The van der Waals surface area contributed by atoms with Crippen LogP contribution in [0.4, 0.5) is 5.69 Å². The number of carbonyl (C=O) groups is 2. The van der Waals surface area contributed by atoms with Crippen LogP contribution in [0.3, 0.4) is 0 Å². The van der Waals surface area contributed by atoms with Crippen LogP contribution in [0.1, 0.15) is 19.3 Å². The Bertz CT molecular complexity index is 914. The molecule has 0 aliphatic carbocycles. The van der Waals surface area contributed by atoms with E-state index in [1.165, 1.54) is 6.20 Å². The fourth-order valence-corrected chi connectivity index (χ4v) is 3.09. The van der Waals surface area contributed by atoms with Gasteiger partial charge in [0, 0.05) is 37.9 Å². The van der Waals surface area contributed by atoms with E-state index in [-0.39, 0.29) is 11.5 Å². The summed E-state index contributed by atoms with van der Waals surface area (Å²) in [6.45, 7) is 1.86. The molecule has 0 atom stereocenters. The smallest absolute Gasteiger partial charge is 0.263 e. The summed E-state index contributed by atoms with van der Waals surface area (Å²) in [5, 5.41) is 17.2. The number of benzene rings is 2. The Kier molecular flexibility index (Phi) is 6.06. The molecule has 138 valence electrons.